The Bertz CT molecular complexity index is 1030. The number of thioether (sulfide) groups is 1. The molecule has 0 atom stereocenters. The van der Waals surface area contributed by atoms with E-state index in [-0.39, 0.29) is 24.3 Å². The maximum absolute atomic E-state index is 12.5. The van der Waals surface area contributed by atoms with E-state index in [1.807, 2.05) is 31.2 Å². The molecule has 0 aliphatic rings. The number of halogens is 1. The molecule has 1 aromatic carbocycles. The van der Waals surface area contributed by atoms with Crippen LogP contribution >= 0.6 is 23.4 Å². The summed E-state index contributed by atoms with van der Waals surface area (Å²) in [5.41, 5.74) is 0.849. The molecule has 0 spiro atoms. The van der Waals surface area contributed by atoms with Crippen LogP contribution in [-0.4, -0.2) is 36.2 Å². The van der Waals surface area contributed by atoms with Crippen molar-refractivity contribution in [2.75, 3.05) is 11.1 Å². The van der Waals surface area contributed by atoms with E-state index in [2.05, 4.69) is 39.0 Å². The molecule has 2 heterocycles. The predicted octanol–water partition coefficient (Wildman–Crippen LogP) is 4.64. The van der Waals surface area contributed by atoms with Gasteiger partial charge in [-0.15, -0.1) is 10.2 Å². The Balaban J connectivity index is 1.71. The Morgan fingerprint density at radius 2 is 2.00 bits per heavy atom. The van der Waals surface area contributed by atoms with E-state index < -0.39 is 0 Å². The fraction of sp³-hybridized carbons (Fsp3) is 0.429. The summed E-state index contributed by atoms with van der Waals surface area (Å²) in [5, 5.41) is 17.0. The molecule has 0 fully saturated rings. The van der Waals surface area contributed by atoms with Gasteiger partial charge >= 0.3 is 0 Å². The molecule has 0 radical (unpaired) electrons. The number of amides is 1. The Morgan fingerprint density at radius 3 is 2.65 bits per heavy atom. The number of aromatic nitrogens is 5. The van der Waals surface area contributed by atoms with Crippen LogP contribution in [0.2, 0.25) is 5.02 Å². The molecule has 31 heavy (non-hydrogen) atoms. The van der Waals surface area contributed by atoms with Gasteiger partial charge in [0.15, 0.2) is 11.0 Å². The second-order valence-corrected chi connectivity index (χ2v) is 8.44. The van der Waals surface area contributed by atoms with Crippen LogP contribution in [0, 0.1) is 6.92 Å². The predicted molar refractivity (Wildman–Crippen MR) is 123 cm³/mol. The molecule has 8 nitrogen and oxygen atoms in total. The van der Waals surface area contributed by atoms with Crippen molar-refractivity contribution in [1.82, 2.24) is 24.5 Å². The first-order valence-corrected chi connectivity index (χ1v) is 11.5. The van der Waals surface area contributed by atoms with Gasteiger partial charge in [0, 0.05) is 19.2 Å². The number of carbonyl (C=O) groups is 1. The zero-order chi connectivity index (χ0) is 22.4. The van der Waals surface area contributed by atoms with E-state index in [0.29, 0.717) is 27.6 Å². The maximum Gasteiger partial charge on any atom is 0.235 e. The molecule has 0 saturated carbocycles. The van der Waals surface area contributed by atoms with Gasteiger partial charge in [0.25, 0.3) is 0 Å². The lowest BCUT2D eigenvalue weighted by Crippen LogP contribution is -2.18. The Morgan fingerprint density at radius 1 is 1.26 bits per heavy atom. The lowest BCUT2D eigenvalue weighted by molar-refractivity contribution is -0.113. The highest BCUT2D eigenvalue weighted by atomic mass is 35.5. The number of rotatable bonds is 10. The number of anilines is 1. The van der Waals surface area contributed by atoms with E-state index in [4.69, 9.17) is 16.3 Å². The maximum atomic E-state index is 12.5. The van der Waals surface area contributed by atoms with Crippen LogP contribution < -0.4 is 10.1 Å². The third-order valence-corrected chi connectivity index (χ3v) is 6.09. The summed E-state index contributed by atoms with van der Waals surface area (Å²) in [4.78, 5) is 12.5. The monoisotopic (exact) mass is 462 g/mol. The Kier molecular flexibility index (Phi) is 7.97. The van der Waals surface area contributed by atoms with Crippen LogP contribution in [0.3, 0.4) is 0 Å². The van der Waals surface area contributed by atoms with Crippen LogP contribution in [0.15, 0.2) is 35.5 Å². The number of hydrogen-bond donors (Lipinski definition) is 1. The number of ether oxygens (including phenoxy) is 1. The smallest absolute Gasteiger partial charge is 0.235 e. The largest absolute Gasteiger partial charge is 0.484 e. The second-order valence-electron chi connectivity index (χ2n) is 7.09. The van der Waals surface area contributed by atoms with Crippen LogP contribution in [0.25, 0.3) is 0 Å². The minimum atomic E-state index is -0.124. The number of hydrogen-bond acceptors (Lipinski definition) is 6. The zero-order valence-electron chi connectivity index (χ0n) is 18.1. The molecular weight excluding hydrogens is 436 g/mol. The average molecular weight is 463 g/mol. The summed E-state index contributed by atoms with van der Waals surface area (Å²) in [6, 6.07) is 9.38. The minimum absolute atomic E-state index is 0.124. The van der Waals surface area contributed by atoms with Crippen molar-refractivity contribution in [3.63, 3.8) is 0 Å². The lowest BCUT2D eigenvalue weighted by Gasteiger charge is -2.19. The topological polar surface area (TPSA) is 86.9 Å². The van der Waals surface area contributed by atoms with Crippen molar-refractivity contribution in [3.05, 3.63) is 46.9 Å². The zero-order valence-corrected chi connectivity index (χ0v) is 19.7. The molecule has 166 valence electrons. The molecule has 0 aliphatic heterocycles. The molecule has 0 unspecified atom stereocenters. The third kappa shape index (κ3) is 5.80. The summed E-state index contributed by atoms with van der Waals surface area (Å²) in [7, 11) is 1.80. The summed E-state index contributed by atoms with van der Waals surface area (Å²) >= 11 is 7.55. The average Bonchev–Trinajstić information content (AvgIpc) is 3.29. The van der Waals surface area contributed by atoms with Gasteiger partial charge in [-0.25, -0.2) is 0 Å². The fourth-order valence-corrected chi connectivity index (χ4v) is 4.28. The number of carbonyl (C=O) groups excluding carboxylic acids is 1. The van der Waals surface area contributed by atoms with Crippen molar-refractivity contribution >= 4 is 35.1 Å². The summed E-state index contributed by atoms with van der Waals surface area (Å²) in [6.07, 6.45) is 1.84. The van der Waals surface area contributed by atoms with E-state index >= 15 is 0 Å². The molecule has 10 heteroatoms. The van der Waals surface area contributed by atoms with E-state index in [0.717, 1.165) is 18.5 Å². The van der Waals surface area contributed by atoms with Crippen LogP contribution in [0.1, 0.15) is 44.2 Å². The number of nitrogens with one attached hydrogen (secondary N) is 1. The van der Waals surface area contributed by atoms with Crippen molar-refractivity contribution in [2.24, 2.45) is 7.05 Å². The number of para-hydroxylation sites is 1. The molecule has 3 rings (SSSR count). The summed E-state index contributed by atoms with van der Waals surface area (Å²) < 4.78 is 9.60. The molecule has 3 aromatic rings. The summed E-state index contributed by atoms with van der Waals surface area (Å²) in [5.74, 6) is 2.06. The SMILES string of the molecule is CCC(CC)n1c(COc2ccccc2Cl)nnc1SCC(=O)Nc1cc(C)nn1C. The van der Waals surface area contributed by atoms with Crippen molar-refractivity contribution in [2.45, 2.75) is 51.4 Å². The quantitative estimate of drug-likeness (QED) is 0.441. The molecule has 0 bridgehead atoms. The van der Waals surface area contributed by atoms with Gasteiger partial charge in [-0.2, -0.15) is 5.10 Å². The normalized spacial score (nSPS) is 11.2. The van der Waals surface area contributed by atoms with Gasteiger partial charge in [-0.05, 0) is 31.9 Å². The highest BCUT2D eigenvalue weighted by Crippen LogP contribution is 2.28. The molecule has 0 aliphatic carbocycles. The number of nitrogens with zero attached hydrogens (tertiary/aromatic N) is 5. The van der Waals surface area contributed by atoms with Crippen LogP contribution in [0.5, 0.6) is 5.75 Å². The molecule has 1 N–H and O–H groups in total. The third-order valence-electron chi connectivity index (χ3n) is 4.84. The first-order valence-electron chi connectivity index (χ1n) is 10.2. The number of aryl methyl sites for hydroxylation is 2. The Hall–Kier alpha value is -2.52. The van der Waals surface area contributed by atoms with E-state index in [9.17, 15) is 4.79 Å². The molecular formula is C21H27ClN6O2S. The van der Waals surface area contributed by atoms with Gasteiger partial charge < -0.3 is 14.6 Å². The van der Waals surface area contributed by atoms with Gasteiger partial charge in [0.2, 0.25) is 5.91 Å². The highest BCUT2D eigenvalue weighted by Gasteiger charge is 2.20. The first-order chi connectivity index (χ1) is 14.9. The number of benzene rings is 1. The molecule has 0 saturated heterocycles. The van der Waals surface area contributed by atoms with Gasteiger partial charge in [0.05, 0.1) is 16.5 Å². The van der Waals surface area contributed by atoms with Gasteiger partial charge in [-0.3, -0.25) is 9.48 Å². The molecule has 2 aromatic heterocycles. The standard InChI is InChI=1S/C21H27ClN6O2S/c1-5-15(6-2)28-19(12-30-17-10-8-7-9-16(17)22)24-25-21(28)31-13-20(29)23-18-11-14(3)26-27(18)4/h7-11,15H,5-6,12-13H2,1-4H3,(H,23,29). The van der Waals surface area contributed by atoms with Crippen LogP contribution in [-0.2, 0) is 18.4 Å². The van der Waals surface area contributed by atoms with Gasteiger partial charge in [-0.1, -0.05) is 49.3 Å². The lowest BCUT2D eigenvalue weighted by atomic mass is 10.2. The van der Waals surface area contributed by atoms with Crippen LogP contribution in [0.4, 0.5) is 5.82 Å². The van der Waals surface area contributed by atoms with E-state index in [1.54, 1.807) is 17.8 Å². The molecule has 1 amide bonds. The second kappa shape index (κ2) is 10.7. The Labute approximate surface area is 191 Å². The summed E-state index contributed by atoms with van der Waals surface area (Å²) in [6.45, 7) is 6.38. The van der Waals surface area contributed by atoms with E-state index in [1.165, 1.54) is 11.8 Å². The van der Waals surface area contributed by atoms with Gasteiger partial charge in [0.1, 0.15) is 18.2 Å². The van der Waals surface area contributed by atoms with Crippen molar-refractivity contribution in [1.29, 1.82) is 0 Å². The first kappa shape index (κ1) is 23.1. The fourth-order valence-electron chi connectivity index (χ4n) is 3.27. The van der Waals surface area contributed by atoms with Crippen molar-refractivity contribution in [3.8, 4) is 5.75 Å². The van der Waals surface area contributed by atoms with Crippen molar-refractivity contribution < 1.29 is 9.53 Å². The minimum Gasteiger partial charge on any atom is -0.484 e. The highest BCUT2D eigenvalue weighted by molar-refractivity contribution is 7.99.